The van der Waals surface area contributed by atoms with Crippen LogP contribution in [0.25, 0.3) is 0 Å². The molecule has 4 rings (SSSR count). The molecule has 0 spiro atoms. The van der Waals surface area contributed by atoms with Gasteiger partial charge in [-0.2, -0.15) is 0 Å². The Labute approximate surface area is 153 Å². The van der Waals surface area contributed by atoms with Gasteiger partial charge in [0.1, 0.15) is 23.8 Å². The molecule has 2 N–H and O–H groups in total. The first-order chi connectivity index (χ1) is 12.7. The molecular formula is C18H27N7O. The molecule has 0 amide bonds. The van der Waals surface area contributed by atoms with Crippen LogP contribution in [-0.4, -0.2) is 43.5 Å². The number of hydrogen-bond donors (Lipinski definition) is 2. The van der Waals surface area contributed by atoms with E-state index in [9.17, 15) is 0 Å². The lowest BCUT2D eigenvalue weighted by atomic mass is 9.94. The summed E-state index contributed by atoms with van der Waals surface area (Å²) >= 11 is 0. The van der Waals surface area contributed by atoms with Gasteiger partial charge >= 0.3 is 0 Å². The van der Waals surface area contributed by atoms with Gasteiger partial charge in [0.25, 0.3) is 0 Å². The zero-order valence-corrected chi connectivity index (χ0v) is 15.5. The first-order valence-electron chi connectivity index (χ1n) is 9.55. The summed E-state index contributed by atoms with van der Waals surface area (Å²) in [7, 11) is 0. The van der Waals surface area contributed by atoms with Gasteiger partial charge in [-0.3, -0.25) is 0 Å². The van der Waals surface area contributed by atoms with E-state index >= 15 is 0 Å². The predicted octanol–water partition coefficient (Wildman–Crippen LogP) is 2.24. The zero-order valence-electron chi connectivity index (χ0n) is 15.5. The molecule has 0 radical (unpaired) electrons. The maximum absolute atomic E-state index is 5.95. The Bertz CT molecular complexity index is 745. The van der Waals surface area contributed by atoms with E-state index in [2.05, 4.69) is 49.2 Å². The molecular weight excluding hydrogens is 330 g/mol. The van der Waals surface area contributed by atoms with Crippen LogP contribution in [0.3, 0.4) is 0 Å². The fourth-order valence-electron chi connectivity index (χ4n) is 3.85. The van der Waals surface area contributed by atoms with Crippen molar-refractivity contribution in [3.63, 3.8) is 0 Å². The maximum atomic E-state index is 5.95. The molecule has 140 valence electrons. The molecule has 2 aliphatic heterocycles. The molecule has 0 unspecified atom stereocenters. The van der Waals surface area contributed by atoms with E-state index in [-0.39, 0.29) is 12.1 Å². The molecule has 0 aromatic carbocycles. The highest BCUT2D eigenvalue weighted by molar-refractivity contribution is 5.47. The number of anilines is 2. The Balaban J connectivity index is 1.40. The Morgan fingerprint density at radius 3 is 3.00 bits per heavy atom. The minimum atomic E-state index is 0.216. The van der Waals surface area contributed by atoms with Crippen molar-refractivity contribution in [1.82, 2.24) is 24.7 Å². The van der Waals surface area contributed by atoms with Gasteiger partial charge in [-0.05, 0) is 25.2 Å². The highest BCUT2D eigenvalue weighted by atomic mass is 16.5. The average Bonchev–Trinajstić information content (AvgIpc) is 3.25. The lowest BCUT2D eigenvalue weighted by Gasteiger charge is -2.35. The summed E-state index contributed by atoms with van der Waals surface area (Å²) in [6, 6.07) is 2.24. The largest absolute Gasteiger partial charge is 0.376 e. The highest BCUT2D eigenvalue weighted by Gasteiger charge is 2.28. The van der Waals surface area contributed by atoms with Crippen LogP contribution >= 0.6 is 0 Å². The van der Waals surface area contributed by atoms with Gasteiger partial charge in [0.15, 0.2) is 5.82 Å². The van der Waals surface area contributed by atoms with Crippen LogP contribution in [0.5, 0.6) is 0 Å². The monoisotopic (exact) mass is 357 g/mol. The van der Waals surface area contributed by atoms with Gasteiger partial charge in [0, 0.05) is 25.6 Å². The van der Waals surface area contributed by atoms with Crippen LogP contribution in [0.4, 0.5) is 11.6 Å². The van der Waals surface area contributed by atoms with Crippen LogP contribution in [-0.2, 0) is 24.2 Å². The molecule has 2 atom stereocenters. The van der Waals surface area contributed by atoms with Crippen molar-refractivity contribution in [1.29, 1.82) is 0 Å². The fraction of sp³-hybridized carbons (Fsp3) is 0.667. The van der Waals surface area contributed by atoms with Crippen LogP contribution in [0, 0.1) is 5.92 Å². The minimum absolute atomic E-state index is 0.216. The predicted molar refractivity (Wildman–Crippen MR) is 98.9 cm³/mol. The van der Waals surface area contributed by atoms with Crippen LogP contribution in [0.15, 0.2) is 12.4 Å². The second-order valence-electron chi connectivity index (χ2n) is 7.40. The van der Waals surface area contributed by atoms with Crippen LogP contribution < -0.4 is 10.6 Å². The van der Waals surface area contributed by atoms with Crippen molar-refractivity contribution in [2.75, 3.05) is 17.2 Å². The first-order valence-corrected chi connectivity index (χ1v) is 9.55. The maximum Gasteiger partial charge on any atom is 0.152 e. The van der Waals surface area contributed by atoms with E-state index in [4.69, 9.17) is 4.74 Å². The number of nitrogens with zero attached hydrogens (tertiary/aromatic N) is 5. The Kier molecular flexibility index (Phi) is 5.01. The third-order valence-corrected chi connectivity index (χ3v) is 5.14. The SMILES string of the molecule is CC(C)[C@H]1OCCC[C@H]1Nc1cc(NCc2nnc3n2CCC3)ncn1. The van der Waals surface area contributed by atoms with Crippen LogP contribution in [0.1, 0.15) is 44.8 Å². The number of nitrogens with one attached hydrogen (secondary N) is 2. The third-order valence-electron chi connectivity index (χ3n) is 5.14. The lowest BCUT2D eigenvalue weighted by molar-refractivity contribution is -0.0203. The molecule has 0 saturated carbocycles. The summed E-state index contributed by atoms with van der Waals surface area (Å²) in [5.74, 6) is 4.14. The van der Waals surface area contributed by atoms with Crippen molar-refractivity contribution in [3.05, 3.63) is 24.0 Å². The average molecular weight is 357 g/mol. The molecule has 2 aliphatic rings. The molecule has 8 heteroatoms. The minimum Gasteiger partial charge on any atom is -0.376 e. The Morgan fingerprint density at radius 1 is 1.23 bits per heavy atom. The van der Waals surface area contributed by atoms with E-state index in [0.717, 1.165) is 62.1 Å². The highest BCUT2D eigenvalue weighted by Crippen LogP contribution is 2.24. The summed E-state index contributed by atoms with van der Waals surface area (Å²) in [5.41, 5.74) is 0. The molecule has 1 saturated heterocycles. The molecule has 2 aromatic heterocycles. The summed E-state index contributed by atoms with van der Waals surface area (Å²) in [4.78, 5) is 8.71. The number of fused-ring (bicyclic) bond motifs is 1. The third kappa shape index (κ3) is 3.65. The molecule has 26 heavy (non-hydrogen) atoms. The number of ether oxygens (including phenoxy) is 1. The van der Waals surface area contributed by atoms with E-state index in [1.54, 1.807) is 6.33 Å². The van der Waals surface area contributed by atoms with Crippen LogP contribution in [0.2, 0.25) is 0 Å². The number of hydrogen-bond acceptors (Lipinski definition) is 7. The second kappa shape index (κ2) is 7.57. The standard InChI is InChI=1S/C18H27N7O/c1-12(2)18-13(5-4-8-26-18)22-15-9-14(20-11-21-15)19-10-17-24-23-16-6-3-7-25(16)17/h9,11-13,18H,3-8,10H2,1-2H3,(H2,19,20,21,22)/t13-,18-/m1/s1. The van der Waals surface area contributed by atoms with Gasteiger partial charge < -0.3 is 19.9 Å². The molecule has 0 aliphatic carbocycles. The van der Waals surface area contributed by atoms with Gasteiger partial charge in [0.05, 0.1) is 18.7 Å². The molecule has 1 fully saturated rings. The normalized spacial score (nSPS) is 22.4. The van der Waals surface area contributed by atoms with Crippen molar-refractivity contribution in [2.45, 2.75) is 64.8 Å². The topological polar surface area (TPSA) is 89.8 Å². The smallest absolute Gasteiger partial charge is 0.152 e. The Morgan fingerprint density at radius 2 is 2.12 bits per heavy atom. The number of rotatable bonds is 6. The van der Waals surface area contributed by atoms with Gasteiger partial charge in [-0.25, -0.2) is 9.97 Å². The van der Waals surface area contributed by atoms with Crippen molar-refractivity contribution >= 4 is 11.6 Å². The number of aromatic nitrogens is 5. The van der Waals surface area contributed by atoms with E-state index < -0.39 is 0 Å². The van der Waals surface area contributed by atoms with Crippen molar-refractivity contribution in [3.8, 4) is 0 Å². The summed E-state index contributed by atoms with van der Waals surface area (Å²) in [6.07, 6.45) is 6.16. The van der Waals surface area contributed by atoms with Gasteiger partial charge in [0.2, 0.25) is 0 Å². The van der Waals surface area contributed by atoms with E-state index in [1.165, 1.54) is 0 Å². The first kappa shape index (κ1) is 17.2. The summed E-state index contributed by atoms with van der Waals surface area (Å²) in [6.45, 7) is 6.88. The van der Waals surface area contributed by atoms with Crippen molar-refractivity contribution < 1.29 is 4.74 Å². The zero-order chi connectivity index (χ0) is 17.9. The number of aryl methyl sites for hydroxylation is 1. The molecule has 2 aromatic rings. The molecule has 8 nitrogen and oxygen atoms in total. The Hall–Kier alpha value is -2.22. The van der Waals surface area contributed by atoms with Crippen molar-refractivity contribution in [2.24, 2.45) is 5.92 Å². The molecule has 4 heterocycles. The fourth-order valence-corrected chi connectivity index (χ4v) is 3.85. The van der Waals surface area contributed by atoms with E-state index in [0.29, 0.717) is 12.5 Å². The quantitative estimate of drug-likeness (QED) is 0.819. The molecule has 0 bridgehead atoms. The van der Waals surface area contributed by atoms with E-state index in [1.807, 2.05) is 6.07 Å². The second-order valence-corrected chi connectivity index (χ2v) is 7.40. The summed E-state index contributed by atoms with van der Waals surface area (Å²) in [5, 5.41) is 15.4. The summed E-state index contributed by atoms with van der Waals surface area (Å²) < 4.78 is 8.15. The lowest BCUT2D eigenvalue weighted by Crippen LogP contribution is -2.43. The van der Waals surface area contributed by atoms with Gasteiger partial charge in [-0.1, -0.05) is 13.8 Å². The van der Waals surface area contributed by atoms with Gasteiger partial charge in [-0.15, -0.1) is 10.2 Å².